The highest BCUT2D eigenvalue weighted by Gasteiger charge is 2.32. The van der Waals surface area contributed by atoms with E-state index in [1.54, 1.807) is 19.1 Å². The van der Waals surface area contributed by atoms with Gasteiger partial charge in [0.1, 0.15) is 5.82 Å². The summed E-state index contributed by atoms with van der Waals surface area (Å²) in [5.41, 5.74) is 1.22. The number of halogens is 1. The molecule has 1 atom stereocenters. The van der Waals surface area contributed by atoms with Gasteiger partial charge in [0.05, 0.1) is 18.2 Å². The number of hydrogen-bond acceptors (Lipinski definition) is 3. The van der Waals surface area contributed by atoms with Crippen LogP contribution in [0.3, 0.4) is 0 Å². The molecule has 0 aliphatic carbocycles. The molecule has 2 rings (SSSR count). The molecule has 0 spiro atoms. The lowest BCUT2D eigenvalue weighted by molar-refractivity contribution is -0.141. The van der Waals surface area contributed by atoms with Gasteiger partial charge in [0.25, 0.3) is 0 Å². The standard InChI is InChI=1S/C18H23FN2O3/c1-4-12(5-2)10-24-17(22)15-11(3)20-18(23)21-16(15)13-7-6-8-14(19)9-13/h6-9,12,16H,4-5,10H2,1-3H3,(H2,20,21,23)/t16-/m0/s1. The Morgan fingerprint density at radius 2 is 2.04 bits per heavy atom. The summed E-state index contributed by atoms with van der Waals surface area (Å²) in [6.07, 6.45) is 1.84. The maximum absolute atomic E-state index is 13.5. The average Bonchev–Trinajstić information content (AvgIpc) is 2.54. The molecule has 1 aromatic rings. The van der Waals surface area contributed by atoms with Crippen molar-refractivity contribution in [2.75, 3.05) is 6.61 Å². The molecule has 2 N–H and O–H groups in total. The Kier molecular flexibility index (Phi) is 5.95. The topological polar surface area (TPSA) is 67.4 Å². The first-order valence-corrected chi connectivity index (χ1v) is 8.17. The van der Waals surface area contributed by atoms with Crippen molar-refractivity contribution in [3.8, 4) is 0 Å². The van der Waals surface area contributed by atoms with Crippen molar-refractivity contribution in [1.29, 1.82) is 0 Å². The molecule has 0 radical (unpaired) electrons. The Balaban J connectivity index is 2.27. The number of amides is 2. The Bertz CT molecular complexity index is 653. The van der Waals surface area contributed by atoms with Crippen LogP contribution in [0.5, 0.6) is 0 Å². The molecule has 1 heterocycles. The van der Waals surface area contributed by atoms with Gasteiger partial charge in [-0.2, -0.15) is 0 Å². The van der Waals surface area contributed by atoms with Crippen LogP contribution in [-0.4, -0.2) is 18.6 Å². The molecule has 0 fully saturated rings. The van der Waals surface area contributed by atoms with Crippen molar-refractivity contribution in [1.82, 2.24) is 10.6 Å². The molecule has 0 aromatic heterocycles. The predicted octanol–water partition coefficient (Wildman–Crippen LogP) is 3.43. The fourth-order valence-electron chi connectivity index (χ4n) is 2.70. The molecule has 6 heteroatoms. The third-order valence-electron chi connectivity index (χ3n) is 4.28. The minimum absolute atomic E-state index is 0.297. The number of carbonyl (C=O) groups is 2. The van der Waals surface area contributed by atoms with Gasteiger partial charge in [0.2, 0.25) is 0 Å². The van der Waals surface area contributed by atoms with Crippen LogP contribution < -0.4 is 10.6 Å². The van der Waals surface area contributed by atoms with Crippen molar-refractivity contribution in [2.24, 2.45) is 5.92 Å². The predicted molar refractivity (Wildman–Crippen MR) is 88.5 cm³/mol. The van der Waals surface area contributed by atoms with Crippen LogP contribution in [-0.2, 0) is 9.53 Å². The quantitative estimate of drug-likeness (QED) is 0.783. The van der Waals surface area contributed by atoms with Crippen LogP contribution in [0.1, 0.15) is 45.2 Å². The van der Waals surface area contributed by atoms with Crippen LogP contribution in [0.25, 0.3) is 0 Å². The van der Waals surface area contributed by atoms with E-state index in [2.05, 4.69) is 10.6 Å². The van der Waals surface area contributed by atoms with Crippen LogP contribution >= 0.6 is 0 Å². The van der Waals surface area contributed by atoms with Gasteiger partial charge in [0.15, 0.2) is 0 Å². The van der Waals surface area contributed by atoms with Crippen LogP contribution in [0.15, 0.2) is 35.5 Å². The van der Waals surface area contributed by atoms with Gasteiger partial charge in [-0.1, -0.05) is 38.8 Å². The van der Waals surface area contributed by atoms with Crippen LogP contribution in [0.2, 0.25) is 0 Å². The molecule has 24 heavy (non-hydrogen) atoms. The molecule has 0 saturated carbocycles. The lowest BCUT2D eigenvalue weighted by atomic mass is 9.95. The van der Waals surface area contributed by atoms with Gasteiger partial charge in [-0.3, -0.25) is 0 Å². The number of carbonyl (C=O) groups excluding carboxylic acids is 2. The molecule has 2 amide bonds. The zero-order valence-corrected chi connectivity index (χ0v) is 14.2. The normalized spacial score (nSPS) is 17.5. The number of hydrogen-bond donors (Lipinski definition) is 2. The minimum Gasteiger partial charge on any atom is -0.462 e. The van der Waals surface area contributed by atoms with E-state index in [0.29, 0.717) is 29.4 Å². The van der Waals surface area contributed by atoms with E-state index < -0.39 is 23.9 Å². The van der Waals surface area contributed by atoms with E-state index in [-0.39, 0.29) is 0 Å². The molecular formula is C18H23FN2O3. The van der Waals surface area contributed by atoms with E-state index in [0.717, 1.165) is 12.8 Å². The number of nitrogens with one attached hydrogen (secondary N) is 2. The van der Waals surface area contributed by atoms with E-state index >= 15 is 0 Å². The minimum atomic E-state index is -0.733. The van der Waals surface area contributed by atoms with Gasteiger partial charge in [0, 0.05) is 5.70 Å². The molecule has 0 bridgehead atoms. The maximum Gasteiger partial charge on any atom is 0.338 e. The summed E-state index contributed by atoms with van der Waals surface area (Å²) in [7, 11) is 0. The maximum atomic E-state index is 13.5. The molecule has 5 nitrogen and oxygen atoms in total. The molecule has 130 valence electrons. The summed E-state index contributed by atoms with van der Waals surface area (Å²) in [5.74, 6) is -0.627. The fourth-order valence-corrected chi connectivity index (χ4v) is 2.70. The van der Waals surface area contributed by atoms with Crippen molar-refractivity contribution < 1.29 is 18.7 Å². The lowest BCUT2D eigenvalue weighted by Crippen LogP contribution is -2.45. The van der Waals surface area contributed by atoms with Gasteiger partial charge < -0.3 is 15.4 Å². The first-order chi connectivity index (χ1) is 11.5. The van der Waals surface area contributed by atoms with E-state index in [9.17, 15) is 14.0 Å². The van der Waals surface area contributed by atoms with E-state index in [4.69, 9.17) is 4.74 Å². The Morgan fingerprint density at radius 1 is 1.33 bits per heavy atom. The molecule has 1 aliphatic rings. The number of esters is 1. The van der Waals surface area contributed by atoms with E-state index in [1.807, 2.05) is 13.8 Å². The molecule has 0 saturated heterocycles. The first kappa shape index (κ1) is 18.0. The van der Waals surface area contributed by atoms with Crippen molar-refractivity contribution >= 4 is 12.0 Å². The summed E-state index contributed by atoms with van der Waals surface area (Å²) >= 11 is 0. The third-order valence-corrected chi connectivity index (χ3v) is 4.28. The summed E-state index contributed by atoms with van der Waals surface area (Å²) in [6, 6.07) is 4.66. The average molecular weight is 334 g/mol. The second-order valence-electron chi connectivity index (χ2n) is 5.91. The van der Waals surface area contributed by atoms with Crippen molar-refractivity contribution in [2.45, 2.75) is 39.7 Å². The van der Waals surface area contributed by atoms with Crippen LogP contribution in [0, 0.1) is 11.7 Å². The fraction of sp³-hybridized carbons (Fsp3) is 0.444. The second-order valence-corrected chi connectivity index (χ2v) is 5.91. The number of allylic oxidation sites excluding steroid dienone is 1. The Hall–Kier alpha value is -2.37. The van der Waals surface area contributed by atoms with Gasteiger partial charge in [-0.25, -0.2) is 14.0 Å². The Labute approximate surface area is 141 Å². The van der Waals surface area contributed by atoms with Crippen molar-refractivity contribution in [3.63, 3.8) is 0 Å². The molecular weight excluding hydrogens is 311 g/mol. The Morgan fingerprint density at radius 3 is 2.67 bits per heavy atom. The lowest BCUT2D eigenvalue weighted by Gasteiger charge is -2.28. The molecule has 1 aliphatic heterocycles. The first-order valence-electron chi connectivity index (χ1n) is 8.17. The highest BCUT2D eigenvalue weighted by Crippen LogP contribution is 2.28. The van der Waals surface area contributed by atoms with E-state index in [1.165, 1.54) is 12.1 Å². The molecule has 1 aromatic carbocycles. The number of ether oxygens (including phenoxy) is 1. The summed E-state index contributed by atoms with van der Waals surface area (Å²) in [4.78, 5) is 24.3. The number of rotatable bonds is 6. The molecule has 0 unspecified atom stereocenters. The second kappa shape index (κ2) is 7.95. The smallest absolute Gasteiger partial charge is 0.338 e. The third kappa shape index (κ3) is 4.13. The van der Waals surface area contributed by atoms with Crippen molar-refractivity contribution in [3.05, 3.63) is 46.9 Å². The van der Waals surface area contributed by atoms with Crippen LogP contribution in [0.4, 0.5) is 9.18 Å². The highest BCUT2D eigenvalue weighted by molar-refractivity contribution is 5.95. The zero-order valence-electron chi connectivity index (χ0n) is 14.2. The summed E-state index contributed by atoms with van der Waals surface area (Å²) in [6.45, 7) is 6.06. The van der Waals surface area contributed by atoms with Gasteiger partial charge in [-0.05, 0) is 30.5 Å². The number of benzene rings is 1. The van der Waals surface area contributed by atoms with Gasteiger partial charge in [-0.15, -0.1) is 0 Å². The monoisotopic (exact) mass is 334 g/mol. The van der Waals surface area contributed by atoms with Gasteiger partial charge >= 0.3 is 12.0 Å². The summed E-state index contributed by atoms with van der Waals surface area (Å²) in [5, 5.41) is 5.24. The zero-order chi connectivity index (χ0) is 17.7. The highest BCUT2D eigenvalue weighted by atomic mass is 19.1. The summed E-state index contributed by atoms with van der Waals surface area (Å²) < 4.78 is 19.0. The number of urea groups is 1. The largest absolute Gasteiger partial charge is 0.462 e. The SMILES string of the molecule is CCC(CC)COC(=O)C1=C(C)NC(=O)N[C@H]1c1cccc(F)c1.